The van der Waals surface area contributed by atoms with Crippen molar-refractivity contribution < 1.29 is 34.9 Å². The number of rotatable bonds is 4. The molecule has 1 aromatic carbocycles. The maximum absolute atomic E-state index is 12.2. The summed E-state index contributed by atoms with van der Waals surface area (Å²) in [6.45, 7) is 0. The molecule has 0 saturated heterocycles. The lowest BCUT2D eigenvalue weighted by atomic mass is 10.2. The molecule has 0 aliphatic carbocycles. The SMILES string of the molecule is COc1ccccc1-c1nc(OS(=O)(=O)C(F)(F)F)co1. The van der Waals surface area contributed by atoms with Crippen molar-refractivity contribution in [1.29, 1.82) is 0 Å². The maximum atomic E-state index is 12.2. The number of halogens is 3. The first-order valence-corrected chi connectivity index (χ1v) is 6.75. The molecule has 2 rings (SSSR count). The van der Waals surface area contributed by atoms with Crippen molar-refractivity contribution in [2.45, 2.75) is 5.51 Å². The summed E-state index contributed by atoms with van der Waals surface area (Å²) >= 11 is 0. The topological polar surface area (TPSA) is 78.6 Å². The predicted octanol–water partition coefficient (Wildman–Crippen LogP) is 2.58. The third kappa shape index (κ3) is 3.10. The molecule has 0 N–H and O–H groups in total. The second kappa shape index (κ2) is 5.28. The van der Waals surface area contributed by atoms with Crippen LogP contribution in [0.4, 0.5) is 13.2 Å². The van der Waals surface area contributed by atoms with Crippen LogP contribution in [0.25, 0.3) is 11.5 Å². The van der Waals surface area contributed by atoms with Gasteiger partial charge in [0.25, 0.3) is 5.88 Å². The molecule has 21 heavy (non-hydrogen) atoms. The molecule has 114 valence electrons. The van der Waals surface area contributed by atoms with Crippen LogP contribution in [0.5, 0.6) is 11.6 Å². The Morgan fingerprint density at radius 1 is 1.24 bits per heavy atom. The van der Waals surface area contributed by atoms with Crippen LogP contribution in [0.3, 0.4) is 0 Å². The molecule has 0 amide bonds. The predicted molar refractivity (Wildman–Crippen MR) is 64.1 cm³/mol. The van der Waals surface area contributed by atoms with Gasteiger partial charge in [-0.3, -0.25) is 0 Å². The molecular weight excluding hydrogens is 315 g/mol. The number of hydrogen-bond donors (Lipinski definition) is 0. The molecule has 0 bridgehead atoms. The third-order valence-corrected chi connectivity index (χ3v) is 3.26. The van der Waals surface area contributed by atoms with Crippen LogP contribution in [0, 0.1) is 0 Å². The average Bonchev–Trinajstić information content (AvgIpc) is 2.85. The second-order valence-electron chi connectivity index (χ2n) is 3.67. The third-order valence-electron chi connectivity index (χ3n) is 2.30. The monoisotopic (exact) mass is 323 g/mol. The van der Waals surface area contributed by atoms with Crippen molar-refractivity contribution in [2.75, 3.05) is 7.11 Å². The second-order valence-corrected chi connectivity index (χ2v) is 5.21. The van der Waals surface area contributed by atoms with Crippen LogP contribution in [0.15, 0.2) is 34.9 Å². The Hall–Kier alpha value is -2.23. The summed E-state index contributed by atoms with van der Waals surface area (Å²) in [4.78, 5) is 3.54. The number of para-hydroxylation sites is 1. The Labute approximate surface area is 117 Å². The number of alkyl halides is 3. The van der Waals surface area contributed by atoms with Gasteiger partial charge in [-0.1, -0.05) is 12.1 Å². The Morgan fingerprint density at radius 3 is 2.52 bits per heavy atom. The molecule has 0 saturated carbocycles. The zero-order valence-corrected chi connectivity index (χ0v) is 11.2. The van der Waals surface area contributed by atoms with Gasteiger partial charge in [-0.25, -0.2) is 0 Å². The molecule has 1 heterocycles. The number of aromatic nitrogens is 1. The van der Waals surface area contributed by atoms with Crippen molar-refractivity contribution in [3.8, 4) is 23.1 Å². The Balaban J connectivity index is 2.31. The Kier molecular flexibility index (Phi) is 3.81. The van der Waals surface area contributed by atoms with Crippen molar-refractivity contribution in [1.82, 2.24) is 4.98 Å². The number of nitrogens with zero attached hydrogens (tertiary/aromatic N) is 1. The van der Waals surface area contributed by atoms with E-state index in [-0.39, 0.29) is 5.89 Å². The summed E-state index contributed by atoms with van der Waals surface area (Å²) in [5.74, 6) is -0.613. The quantitative estimate of drug-likeness (QED) is 0.635. The Bertz CT molecular complexity index is 738. The summed E-state index contributed by atoms with van der Waals surface area (Å²) in [7, 11) is -4.41. The summed E-state index contributed by atoms with van der Waals surface area (Å²) in [5.41, 5.74) is -5.21. The van der Waals surface area contributed by atoms with Gasteiger partial charge in [0.1, 0.15) is 5.75 Å². The Morgan fingerprint density at radius 2 is 1.90 bits per heavy atom. The van der Waals surface area contributed by atoms with Crippen LogP contribution >= 0.6 is 0 Å². The lowest BCUT2D eigenvalue weighted by molar-refractivity contribution is -0.0501. The molecule has 2 aromatic rings. The molecule has 0 fully saturated rings. The van der Waals surface area contributed by atoms with Gasteiger partial charge in [-0.15, -0.1) is 0 Å². The van der Waals surface area contributed by atoms with E-state index in [9.17, 15) is 21.6 Å². The summed E-state index contributed by atoms with van der Waals surface area (Å²) < 4.78 is 72.0. The largest absolute Gasteiger partial charge is 0.534 e. The molecule has 0 aliphatic rings. The lowest BCUT2D eigenvalue weighted by Gasteiger charge is -2.06. The highest BCUT2D eigenvalue weighted by Gasteiger charge is 2.49. The molecule has 0 unspecified atom stereocenters. The first-order chi connectivity index (χ1) is 9.74. The number of methoxy groups -OCH3 is 1. The lowest BCUT2D eigenvalue weighted by Crippen LogP contribution is -2.28. The van der Waals surface area contributed by atoms with Gasteiger partial charge in [-0.05, 0) is 12.1 Å². The van der Waals surface area contributed by atoms with Gasteiger partial charge in [0.15, 0.2) is 6.26 Å². The number of oxazole rings is 1. The summed E-state index contributed by atoms with van der Waals surface area (Å²) in [5, 5.41) is 0. The smallest absolute Gasteiger partial charge is 0.496 e. The van der Waals surface area contributed by atoms with Crippen LogP contribution < -0.4 is 8.92 Å². The molecule has 0 aliphatic heterocycles. The number of benzene rings is 1. The van der Waals surface area contributed by atoms with Crippen molar-refractivity contribution in [2.24, 2.45) is 0 Å². The maximum Gasteiger partial charge on any atom is 0.534 e. The van der Waals surface area contributed by atoms with E-state index in [1.807, 2.05) is 0 Å². The summed E-state index contributed by atoms with van der Waals surface area (Å²) in [6, 6.07) is 6.39. The minimum atomic E-state index is -5.79. The van der Waals surface area contributed by atoms with E-state index < -0.39 is 21.5 Å². The number of ether oxygens (including phenoxy) is 1. The zero-order valence-electron chi connectivity index (χ0n) is 10.4. The molecule has 1 aromatic heterocycles. The van der Waals surface area contributed by atoms with Crippen LogP contribution in [-0.2, 0) is 10.1 Å². The molecule has 10 heteroatoms. The van der Waals surface area contributed by atoms with Gasteiger partial charge >= 0.3 is 15.6 Å². The van der Waals surface area contributed by atoms with Crippen LogP contribution in [-0.4, -0.2) is 26.0 Å². The first-order valence-electron chi connectivity index (χ1n) is 5.34. The first kappa shape index (κ1) is 15.2. The average molecular weight is 323 g/mol. The van der Waals surface area contributed by atoms with Gasteiger partial charge in [0, 0.05) is 0 Å². The minimum absolute atomic E-state index is 0.139. The highest BCUT2D eigenvalue weighted by atomic mass is 32.2. The van der Waals surface area contributed by atoms with Crippen molar-refractivity contribution in [3.63, 3.8) is 0 Å². The van der Waals surface area contributed by atoms with Crippen molar-refractivity contribution >= 4 is 10.1 Å². The molecule has 0 spiro atoms. The molecule has 0 atom stereocenters. The molecule has 0 radical (unpaired) electrons. The van der Waals surface area contributed by atoms with E-state index >= 15 is 0 Å². The highest BCUT2D eigenvalue weighted by molar-refractivity contribution is 7.87. The fourth-order valence-electron chi connectivity index (χ4n) is 1.40. The van der Waals surface area contributed by atoms with Gasteiger partial charge < -0.3 is 13.3 Å². The zero-order chi connectivity index (χ0) is 15.7. The van der Waals surface area contributed by atoms with Gasteiger partial charge in [-0.2, -0.15) is 26.6 Å². The minimum Gasteiger partial charge on any atom is -0.496 e. The standard InChI is InChI=1S/C11H8F3NO5S/c1-18-8-5-3-2-4-7(8)10-15-9(6-19-10)20-21(16,17)11(12,13)14/h2-6H,1H3. The van der Waals surface area contributed by atoms with Gasteiger partial charge in [0.2, 0.25) is 5.89 Å². The number of hydrogen-bond acceptors (Lipinski definition) is 6. The van der Waals surface area contributed by atoms with E-state index in [1.165, 1.54) is 13.2 Å². The van der Waals surface area contributed by atoms with Crippen LogP contribution in [0.2, 0.25) is 0 Å². The van der Waals surface area contributed by atoms with E-state index in [2.05, 4.69) is 9.17 Å². The highest BCUT2D eigenvalue weighted by Crippen LogP contribution is 2.32. The van der Waals surface area contributed by atoms with E-state index in [4.69, 9.17) is 9.15 Å². The van der Waals surface area contributed by atoms with Crippen LogP contribution in [0.1, 0.15) is 0 Å². The van der Waals surface area contributed by atoms with Crippen molar-refractivity contribution in [3.05, 3.63) is 30.5 Å². The van der Waals surface area contributed by atoms with E-state index in [0.717, 1.165) is 0 Å². The molecule has 6 nitrogen and oxygen atoms in total. The normalized spacial score (nSPS) is 12.2. The van der Waals surface area contributed by atoms with Gasteiger partial charge in [0.05, 0.1) is 12.7 Å². The van der Waals surface area contributed by atoms with E-state index in [1.54, 1.807) is 18.2 Å². The molecular formula is C11H8F3NO5S. The van der Waals surface area contributed by atoms with E-state index in [0.29, 0.717) is 17.6 Å². The fourth-order valence-corrected chi connectivity index (χ4v) is 1.80. The summed E-state index contributed by atoms with van der Waals surface area (Å²) in [6.07, 6.45) is 0.658. The fraction of sp³-hybridized carbons (Fsp3) is 0.182.